The van der Waals surface area contributed by atoms with Crippen molar-refractivity contribution in [2.24, 2.45) is 0 Å². The van der Waals surface area contributed by atoms with Crippen molar-refractivity contribution >= 4 is 11.7 Å². The average molecular weight is 264 g/mol. The van der Waals surface area contributed by atoms with Gasteiger partial charge < -0.3 is 14.8 Å². The first-order valence-electron chi connectivity index (χ1n) is 6.52. The van der Waals surface area contributed by atoms with E-state index < -0.39 is 0 Å². The van der Waals surface area contributed by atoms with Gasteiger partial charge in [0.15, 0.2) is 0 Å². The molecule has 0 spiro atoms. The Morgan fingerprint density at radius 1 is 1.32 bits per heavy atom. The van der Waals surface area contributed by atoms with Crippen LogP contribution in [-0.2, 0) is 9.47 Å². The van der Waals surface area contributed by atoms with Crippen LogP contribution in [-0.4, -0.2) is 57.4 Å². The molecule has 0 atom stereocenters. The number of carbonyl (C=O) groups is 1. The highest BCUT2D eigenvalue weighted by atomic mass is 16.5. The summed E-state index contributed by atoms with van der Waals surface area (Å²) in [5, 5.41) is 3.34. The lowest BCUT2D eigenvalue weighted by Gasteiger charge is -2.26. The highest BCUT2D eigenvalue weighted by molar-refractivity contribution is 5.89. The van der Waals surface area contributed by atoms with E-state index in [4.69, 9.17) is 4.74 Å². The predicted molar refractivity (Wildman–Crippen MR) is 73.5 cm³/mol. The summed E-state index contributed by atoms with van der Waals surface area (Å²) in [7, 11) is 1.39. The third-order valence-electron chi connectivity index (χ3n) is 3.17. The van der Waals surface area contributed by atoms with Gasteiger partial charge in [0.25, 0.3) is 0 Å². The first-order valence-corrected chi connectivity index (χ1v) is 6.52. The second-order valence-corrected chi connectivity index (χ2v) is 4.45. The summed E-state index contributed by atoms with van der Waals surface area (Å²) in [4.78, 5) is 13.7. The molecular formula is C14H20N2O3. The molecule has 0 radical (unpaired) electrons. The summed E-state index contributed by atoms with van der Waals surface area (Å²) in [6.45, 7) is 5.55. The zero-order chi connectivity index (χ0) is 13.5. The molecule has 1 aromatic rings. The van der Waals surface area contributed by atoms with E-state index in [1.54, 1.807) is 12.1 Å². The van der Waals surface area contributed by atoms with Crippen molar-refractivity contribution in [3.63, 3.8) is 0 Å². The van der Waals surface area contributed by atoms with Gasteiger partial charge in [0.05, 0.1) is 25.9 Å². The Morgan fingerprint density at radius 3 is 2.63 bits per heavy atom. The smallest absolute Gasteiger partial charge is 0.337 e. The lowest BCUT2D eigenvalue weighted by molar-refractivity contribution is 0.0398. The van der Waals surface area contributed by atoms with Crippen molar-refractivity contribution in [1.82, 2.24) is 4.90 Å². The van der Waals surface area contributed by atoms with Crippen LogP contribution in [0.25, 0.3) is 0 Å². The second-order valence-electron chi connectivity index (χ2n) is 4.45. The number of nitrogens with one attached hydrogen (secondary N) is 1. The Balaban J connectivity index is 1.75. The number of ether oxygens (including phenoxy) is 2. The SMILES string of the molecule is COC(=O)c1ccc(NCCN2CCOCC2)cc1. The van der Waals surface area contributed by atoms with Crippen molar-refractivity contribution in [1.29, 1.82) is 0 Å². The molecule has 0 saturated carbocycles. The fraction of sp³-hybridized carbons (Fsp3) is 0.500. The molecule has 0 amide bonds. The van der Waals surface area contributed by atoms with Crippen LogP contribution in [0.5, 0.6) is 0 Å². The minimum atomic E-state index is -0.306. The van der Waals surface area contributed by atoms with E-state index in [0.29, 0.717) is 5.56 Å². The quantitative estimate of drug-likeness (QED) is 0.810. The molecular weight excluding hydrogens is 244 g/mol. The largest absolute Gasteiger partial charge is 0.465 e. The van der Waals surface area contributed by atoms with E-state index in [1.165, 1.54) is 7.11 Å². The molecule has 1 aliphatic heterocycles. The van der Waals surface area contributed by atoms with E-state index in [2.05, 4.69) is 15.0 Å². The predicted octanol–water partition coefficient (Wildman–Crippen LogP) is 1.22. The number of anilines is 1. The summed E-state index contributed by atoms with van der Waals surface area (Å²) < 4.78 is 9.96. The molecule has 5 heteroatoms. The number of esters is 1. The van der Waals surface area contributed by atoms with Gasteiger partial charge in [0.1, 0.15) is 0 Å². The number of nitrogens with zero attached hydrogens (tertiary/aromatic N) is 1. The van der Waals surface area contributed by atoms with Crippen LogP contribution < -0.4 is 5.32 Å². The molecule has 5 nitrogen and oxygen atoms in total. The number of rotatable bonds is 5. The van der Waals surface area contributed by atoms with Crippen molar-refractivity contribution in [2.75, 3.05) is 51.8 Å². The first kappa shape index (κ1) is 13.8. The number of hydrogen-bond donors (Lipinski definition) is 1. The maximum absolute atomic E-state index is 11.3. The van der Waals surface area contributed by atoms with Gasteiger partial charge in [-0.05, 0) is 24.3 Å². The van der Waals surface area contributed by atoms with E-state index in [-0.39, 0.29) is 5.97 Å². The summed E-state index contributed by atoms with van der Waals surface area (Å²) >= 11 is 0. The maximum Gasteiger partial charge on any atom is 0.337 e. The molecule has 1 fully saturated rings. The maximum atomic E-state index is 11.3. The Kier molecular flexibility index (Phi) is 5.18. The minimum Gasteiger partial charge on any atom is -0.465 e. The zero-order valence-corrected chi connectivity index (χ0v) is 11.2. The van der Waals surface area contributed by atoms with Gasteiger partial charge in [-0.25, -0.2) is 4.79 Å². The molecule has 1 N–H and O–H groups in total. The number of methoxy groups -OCH3 is 1. The van der Waals surface area contributed by atoms with Gasteiger partial charge in [-0.2, -0.15) is 0 Å². The highest BCUT2D eigenvalue weighted by Crippen LogP contribution is 2.10. The second kappa shape index (κ2) is 7.11. The number of carbonyl (C=O) groups excluding carboxylic acids is 1. The monoisotopic (exact) mass is 264 g/mol. The van der Waals surface area contributed by atoms with Gasteiger partial charge in [0.2, 0.25) is 0 Å². The first-order chi connectivity index (χ1) is 9.29. The van der Waals surface area contributed by atoms with E-state index in [0.717, 1.165) is 45.1 Å². The van der Waals surface area contributed by atoms with Gasteiger partial charge in [-0.1, -0.05) is 0 Å². The van der Waals surface area contributed by atoms with E-state index in [1.807, 2.05) is 12.1 Å². The molecule has 1 saturated heterocycles. The molecule has 0 aromatic heterocycles. The van der Waals surface area contributed by atoms with Crippen LogP contribution in [0.4, 0.5) is 5.69 Å². The standard InChI is InChI=1S/C14H20N2O3/c1-18-14(17)12-2-4-13(5-3-12)15-6-7-16-8-10-19-11-9-16/h2-5,15H,6-11H2,1H3. The van der Waals surface area contributed by atoms with Gasteiger partial charge in [-0.3, -0.25) is 4.90 Å². The van der Waals surface area contributed by atoms with Crippen molar-refractivity contribution in [3.8, 4) is 0 Å². The molecule has 1 aliphatic rings. The number of hydrogen-bond acceptors (Lipinski definition) is 5. The van der Waals surface area contributed by atoms with Gasteiger partial charge in [0, 0.05) is 31.9 Å². The third-order valence-corrected chi connectivity index (χ3v) is 3.17. The number of morpholine rings is 1. The van der Waals surface area contributed by atoms with Crippen LogP contribution in [0.15, 0.2) is 24.3 Å². The Morgan fingerprint density at radius 2 is 2.00 bits per heavy atom. The molecule has 0 unspecified atom stereocenters. The van der Waals surface area contributed by atoms with E-state index in [9.17, 15) is 4.79 Å². The Bertz CT molecular complexity index is 400. The van der Waals surface area contributed by atoms with Crippen molar-refractivity contribution in [2.45, 2.75) is 0 Å². The van der Waals surface area contributed by atoms with Crippen LogP contribution in [0, 0.1) is 0 Å². The third kappa shape index (κ3) is 4.22. The number of benzene rings is 1. The van der Waals surface area contributed by atoms with Crippen molar-refractivity contribution in [3.05, 3.63) is 29.8 Å². The molecule has 0 bridgehead atoms. The van der Waals surface area contributed by atoms with Crippen LogP contribution >= 0.6 is 0 Å². The lowest BCUT2D eigenvalue weighted by Crippen LogP contribution is -2.38. The zero-order valence-electron chi connectivity index (χ0n) is 11.2. The Hall–Kier alpha value is -1.59. The lowest BCUT2D eigenvalue weighted by atomic mass is 10.2. The van der Waals surface area contributed by atoms with Crippen LogP contribution in [0.1, 0.15) is 10.4 Å². The summed E-state index contributed by atoms with van der Waals surface area (Å²) in [6.07, 6.45) is 0. The summed E-state index contributed by atoms with van der Waals surface area (Å²) in [5.74, 6) is -0.306. The molecule has 1 heterocycles. The molecule has 0 aliphatic carbocycles. The minimum absolute atomic E-state index is 0.306. The summed E-state index contributed by atoms with van der Waals surface area (Å²) in [5.41, 5.74) is 1.59. The highest BCUT2D eigenvalue weighted by Gasteiger charge is 2.09. The molecule has 104 valence electrons. The van der Waals surface area contributed by atoms with Crippen LogP contribution in [0.3, 0.4) is 0 Å². The average Bonchev–Trinajstić information content (AvgIpc) is 2.48. The van der Waals surface area contributed by atoms with E-state index >= 15 is 0 Å². The van der Waals surface area contributed by atoms with Crippen molar-refractivity contribution < 1.29 is 14.3 Å². The topological polar surface area (TPSA) is 50.8 Å². The van der Waals surface area contributed by atoms with Crippen LogP contribution in [0.2, 0.25) is 0 Å². The molecule has 1 aromatic carbocycles. The Labute approximate surface area is 113 Å². The molecule has 2 rings (SSSR count). The van der Waals surface area contributed by atoms with Gasteiger partial charge >= 0.3 is 5.97 Å². The molecule has 19 heavy (non-hydrogen) atoms. The van der Waals surface area contributed by atoms with Gasteiger partial charge in [-0.15, -0.1) is 0 Å². The fourth-order valence-corrected chi connectivity index (χ4v) is 2.03. The summed E-state index contributed by atoms with van der Waals surface area (Å²) in [6, 6.07) is 7.32. The fourth-order valence-electron chi connectivity index (χ4n) is 2.03. The normalized spacial score (nSPS) is 16.1.